The van der Waals surface area contributed by atoms with E-state index in [0.717, 1.165) is 33.3 Å². The zero-order chi connectivity index (χ0) is 17.9. The minimum Gasteiger partial charge on any atom is -0.465 e. The summed E-state index contributed by atoms with van der Waals surface area (Å²) in [7, 11) is 1.72. The third kappa shape index (κ3) is 5.70. The third-order valence-corrected chi connectivity index (χ3v) is 5.29. The molecule has 0 aliphatic carbocycles. The normalized spacial score (nSPS) is 12.1. The molecular formula is C20H25LiO3P. The van der Waals surface area contributed by atoms with Crippen molar-refractivity contribution in [2.45, 2.75) is 40.9 Å². The zero-order valence-corrected chi connectivity index (χ0v) is 17.2. The largest absolute Gasteiger partial charge is 0.465 e. The molecule has 5 heteroatoms. The number of aryl methyl sites for hydroxylation is 4. The number of hydrogen-bond acceptors (Lipinski definition) is 3. The second kappa shape index (κ2) is 9.56. The molecule has 0 aliphatic rings. The van der Waals surface area contributed by atoms with Gasteiger partial charge in [0.1, 0.15) is 5.75 Å². The number of benzene rings is 2. The van der Waals surface area contributed by atoms with Crippen molar-refractivity contribution in [2.75, 3.05) is 7.11 Å². The molecule has 0 saturated carbocycles. The Morgan fingerprint density at radius 3 is 2.12 bits per heavy atom. The molecule has 3 nitrogen and oxygen atoms in total. The number of ether oxygens (including phenoxy) is 2. The molecule has 0 aliphatic heterocycles. The smallest absolute Gasteiger partial charge is 0.196 e. The molecule has 2 atom stereocenters. The number of methoxy groups -OCH3 is 1. The minimum atomic E-state index is -0.294. The van der Waals surface area contributed by atoms with E-state index in [9.17, 15) is 4.79 Å². The Morgan fingerprint density at radius 1 is 1.00 bits per heavy atom. The molecule has 2 aromatic carbocycles. The predicted octanol–water partition coefficient (Wildman–Crippen LogP) is 4.05. The van der Waals surface area contributed by atoms with E-state index in [2.05, 4.69) is 19.1 Å². The molecule has 2 rings (SSSR count). The van der Waals surface area contributed by atoms with Crippen molar-refractivity contribution in [3.63, 3.8) is 0 Å². The molecule has 2 unspecified atom stereocenters. The van der Waals surface area contributed by atoms with Crippen molar-refractivity contribution in [3.8, 4) is 5.75 Å². The van der Waals surface area contributed by atoms with Gasteiger partial charge >= 0.3 is 0 Å². The Hall–Kier alpha value is -1.10. The van der Waals surface area contributed by atoms with Gasteiger partial charge in [0.25, 0.3) is 0 Å². The van der Waals surface area contributed by atoms with Gasteiger partial charge in [-0.25, -0.2) is 0 Å². The summed E-state index contributed by atoms with van der Waals surface area (Å²) in [5.74, 6) is 0.755. The van der Waals surface area contributed by atoms with Gasteiger partial charge in [0, 0.05) is 31.5 Å². The van der Waals surface area contributed by atoms with Gasteiger partial charge < -0.3 is 9.47 Å². The number of carbonyl (C=O) groups excluding carboxylic acids is 1. The first-order valence-electron chi connectivity index (χ1n) is 8.01. The molecule has 1 radical (unpaired) electrons. The first-order chi connectivity index (χ1) is 11.3. The fraction of sp³-hybridized carbons (Fsp3) is 0.350. The molecule has 0 heterocycles. The van der Waals surface area contributed by atoms with Crippen LogP contribution in [0.1, 0.15) is 39.5 Å². The average molecular weight is 351 g/mol. The first-order valence-corrected chi connectivity index (χ1v) is 9.01. The maximum absolute atomic E-state index is 12.8. The van der Waals surface area contributed by atoms with Crippen LogP contribution in [0.2, 0.25) is 0 Å². The van der Waals surface area contributed by atoms with Crippen molar-refractivity contribution in [1.82, 2.24) is 0 Å². The molecule has 0 aromatic heterocycles. The van der Waals surface area contributed by atoms with Crippen LogP contribution in [-0.2, 0) is 4.74 Å². The van der Waals surface area contributed by atoms with E-state index < -0.39 is 0 Å². The van der Waals surface area contributed by atoms with Crippen molar-refractivity contribution in [3.05, 3.63) is 58.1 Å². The number of rotatable bonds is 6. The second-order valence-corrected chi connectivity index (χ2v) is 7.37. The Labute approximate surface area is 164 Å². The standard InChI is InChI=1S/C20H25O3P.Li/c1-12-9-14(3)19(15(4)10-12)20(21)24-18-8-7-17(11-13(18)2)23-16(5)22-6;/h7-11,16,24H,1-6H3;. The topological polar surface area (TPSA) is 35.5 Å². The molecule has 0 bridgehead atoms. The quantitative estimate of drug-likeness (QED) is 0.447. The molecule has 0 spiro atoms. The van der Waals surface area contributed by atoms with Gasteiger partial charge in [-0.05, 0) is 77.3 Å². The van der Waals surface area contributed by atoms with E-state index in [4.69, 9.17) is 9.47 Å². The van der Waals surface area contributed by atoms with Crippen LogP contribution in [0, 0.1) is 27.7 Å². The molecule has 0 N–H and O–H groups in total. The Kier molecular flexibility index (Phi) is 8.39. The monoisotopic (exact) mass is 351 g/mol. The van der Waals surface area contributed by atoms with Crippen LogP contribution >= 0.6 is 8.58 Å². The van der Waals surface area contributed by atoms with Gasteiger partial charge in [-0.15, -0.1) is 0 Å². The fourth-order valence-electron chi connectivity index (χ4n) is 2.81. The van der Waals surface area contributed by atoms with E-state index in [1.807, 2.05) is 45.9 Å². The third-order valence-electron chi connectivity index (χ3n) is 3.98. The summed E-state index contributed by atoms with van der Waals surface area (Å²) in [5.41, 5.74) is 5.39. The summed E-state index contributed by atoms with van der Waals surface area (Å²) in [6, 6.07) is 9.97. The summed E-state index contributed by atoms with van der Waals surface area (Å²) >= 11 is 0. The van der Waals surface area contributed by atoms with Gasteiger partial charge in [0.05, 0.1) is 0 Å². The first kappa shape index (κ1) is 21.9. The fourth-order valence-corrected chi connectivity index (χ4v) is 4.01. The van der Waals surface area contributed by atoms with Crippen LogP contribution in [0.4, 0.5) is 0 Å². The molecule has 129 valence electrons. The number of carbonyl (C=O) groups is 1. The summed E-state index contributed by atoms with van der Waals surface area (Å²) in [5, 5.41) is 1.05. The molecule has 25 heavy (non-hydrogen) atoms. The van der Waals surface area contributed by atoms with Gasteiger partial charge in [0.2, 0.25) is 0 Å². The Bertz CT molecular complexity index is 736. The van der Waals surface area contributed by atoms with E-state index in [1.165, 1.54) is 5.56 Å². The Morgan fingerprint density at radius 2 is 1.60 bits per heavy atom. The molecule has 2 aromatic rings. The molecule has 0 amide bonds. The zero-order valence-electron chi connectivity index (χ0n) is 16.2. The minimum absolute atomic E-state index is 0. The average Bonchev–Trinajstić information content (AvgIpc) is 2.48. The van der Waals surface area contributed by atoms with E-state index in [1.54, 1.807) is 7.11 Å². The molecule has 0 saturated heterocycles. The van der Waals surface area contributed by atoms with Crippen molar-refractivity contribution < 1.29 is 14.3 Å². The summed E-state index contributed by atoms with van der Waals surface area (Å²) in [6.07, 6.45) is -0.294. The van der Waals surface area contributed by atoms with Crippen LogP contribution < -0.4 is 10.0 Å². The van der Waals surface area contributed by atoms with Gasteiger partial charge in [0.15, 0.2) is 11.8 Å². The number of hydrogen-bond donors (Lipinski definition) is 0. The van der Waals surface area contributed by atoms with Crippen LogP contribution in [-0.4, -0.2) is 37.8 Å². The summed E-state index contributed by atoms with van der Waals surface area (Å²) in [4.78, 5) is 12.8. The van der Waals surface area contributed by atoms with Crippen LogP contribution in [0.15, 0.2) is 30.3 Å². The van der Waals surface area contributed by atoms with E-state index in [0.29, 0.717) is 0 Å². The second-order valence-electron chi connectivity index (χ2n) is 6.13. The molecule has 0 fully saturated rings. The maximum atomic E-state index is 12.8. The van der Waals surface area contributed by atoms with Crippen molar-refractivity contribution >= 4 is 38.3 Å². The van der Waals surface area contributed by atoms with Gasteiger partial charge in [-0.1, -0.05) is 23.8 Å². The van der Waals surface area contributed by atoms with Crippen LogP contribution in [0.3, 0.4) is 0 Å². The SMILES string of the molecule is COC(C)Oc1ccc(PC(=O)c2c(C)cc(C)cc2C)c(C)c1.[Li]. The summed E-state index contributed by atoms with van der Waals surface area (Å²) < 4.78 is 10.7. The van der Waals surface area contributed by atoms with Crippen LogP contribution in [0.5, 0.6) is 5.75 Å². The molecular weight excluding hydrogens is 326 g/mol. The van der Waals surface area contributed by atoms with E-state index >= 15 is 0 Å². The predicted molar refractivity (Wildman–Crippen MR) is 107 cm³/mol. The van der Waals surface area contributed by atoms with Gasteiger partial charge in [-0.3, -0.25) is 4.79 Å². The van der Waals surface area contributed by atoms with Gasteiger partial charge in [-0.2, -0.15) is 0 Å². The van der Waals surface area contributed by atoms with Crippen molar-refractivity contribution in [1.29, 1.82) is 0 Å². The van der Waals surface area contributed by atoms with Crippen LogP contribution in [0.25, 0.3) is 0 Å². The Balaban J connectivity index is 0.00000312. The summed E-state index contributed by atoms with van der Waals surface area (Å²) in [6.45, 7) is 9.92. The maximum Gasteiger partial charge on any atom is 0.196 e. The van der Waals surface area contributed by atoms with E-state index in [-0.39, 0.29) is 39.3 Å². The van der Waals surface area contributed by atoms with Crippen molar-refractivity contribution in [2.24, 2.45) is 0 Å².